The molecular formula is C20H22N6O2. The summed E-state index contributed by atoms with van der Waals surface area (Å²) in [5.41, 5.74) is 2.76. The Kier molecular flexibility index (Phi) is 5.18. The maximum atomic E-state index is 10.8. The minimum absolute atomic E-state index is 0.00369. The molecule has 0 unspecified atom stereocenters. The first kappa shape index (κ1) is 18.0. The highest BCUT2D eigenvalue weighted by molar-refractivity contribution is 5.67. The van der Waals surface area contributed by atoms with E-state index in [-0.39, 0.29) is 13.0 Å². The van der Waals surface area contributed by atoms with E-state index in [1.165, 1.54) is 11.1 Å². The molecule has 144 valence electrons. The number of hydrogen-bond acceptors (Lipinski definition) is 6. The van der Waals surface area contributed by atoms with E-state index in [0.717, 1.165) is 31.7 Å². The smallest absolute Gasteiger partial charge is 0.305 e. The zero-order chi connectivity index (χ0) is 19.3. The number of aromatic nitrogens is 4. The van der Waals surface area contributed by atoms with E-state index in [0.29, 0.717) is 11.8 Å². The lowest BCUT2D eigenvalue weighted by Gasteiger charge is -2.22. The summed E-state index contributed by atoms with van der Waals surface area (Å²) >= 11 is 0. The second kappa shape index (κ2) is 8.08. The van der Waals surface area contributed by atoms with Gasteiger partial charge in [0.1, 0.15) is 5.82 Å². The van der Waals surface area contributed by atoms with Crippen molar-refractivity contribution in [3.8, 4) is 5.82 Å². The molecule has 0 bridgehead atoms. The predicted molar refractivity (Wildman–Crippen MR) is 106 cm³/mol. The summed E-state index contributed by atoms with van der Waals surface area (Å²) in [5.74, 6) is 1.01. The van der Waals surface area contributed by atoms with Crippen LogP contribution in [0, 0.1) is 0 Å². The summed E-state index contributed by atoms with van der Waals surface area (Å²) in [5, 5.41) is 16.1. The third-order valence-electron chi connectivity index (χ3n) is 4.80. The largest absolute Gasteiger partial charge is 0.481 e. The van der Waals surface area contributed by atoms with Crippen LogP contribution < -0.4 is 10.2 Å². The molecule has 4 rings (SSSR count). The van der Waals surface area contributed by atoms with E-state index in [1.54, 1.807) is 10.9 Å². The van der Waals surface area contributed by atoms with Crippen LogP contribution in [0.25, 0.3) is 5.82 Å². The van der Waals surface area contributed by atoms with Crippen molar-refractivity contribution in [2.75, 3.05) is 29.9 Å². The van der Waals surface area contributed by atoms with Crippen LogP contribution in [0.2, 0.25) is 0 Å². The second-order valence-electron chi connectivity index (χ2n) is 6.68. The second-order valence-corrected chi connectivity index (χ2v) is 6.68. The monoisotopic (exact) mass is 378 g/mol. The van der Waals surface area contributed by atoms with Crippen LogP contribution in [0.1, 0.15) is 17.5 Å². The number of anilines is 2. The molecule has 0 amide bonds. The molecule has 1 aromatic carbocycles. The Bertz CT molecular complexity index is 930. The first-order valence-corrected chi connectivity index (χ1v) is 9.35. The minimum Gasteiger partial charge on any atom is -0.481 e. The van der Waals surface area contributed by atoms with Crippen LogP contribution in [-0.4, -0.2) is 50.5 Å². The number of carbonyl (C=O) groups is 1. The Morgan fingerprint density at radius 1 is 1.07 bits per heavy atom. The van der Waals surface area contributed by atoms with E-state index in [9.17, 15) is 4.79 Å². The molecule has 0 spiro atoms. The fourth-order valence-electron chi connectivity index (χ4n) is 3.36. The molecule has 0 radical (unpaired) electrons. The molecule has 0 aliphatic carbocycles. The SMILES string of the molecule is O=C(O)CCNc1nc(N2CCc3ccccc3CC2)cc(-n2cccn2)n1. The lowest BCUT2D eigenvalue weighted by atomic mass is 10.0. The number of carboxylic acid groups (broad SMARTS) is 1. The van der Waals surface area contributed by atoms with Crippen molar-refractivity contribution in [1.29, 1.82) is 0 Å². The van der Waals surface area contributed by atoms with Gasteiger partial charge in [-0.05, 0) is 30.0 Å². The summed E-state index contributed by atoms with van der Waals surface area (Å²) < 4.78 is 1.68. The van der Waals surface area contributed by atoms with Crippen LogP contribution >= 0.6 is 0 Å². The Labute approximate surface area is 162 Å². The molecule has 0 saturated heterocycles. The van der Waals surface area contributed by atoms with Crippen LogP contribution in [0.3, 0.4) is 0 Å². The number of fused-ring (bicyclic) bond motifs is 1. The summed E-state index contributed by atoms with van der Waals surface area (Å²) in [7, 11) is 0. The van der Waals surface area contributed by atoms with Gasteiger partial charge in [-0.3, -0.25) is 4.79 Å². The molecular weight excluding hydrogens is 356 g/mol. The van der Waals surface area contributed by atoms with E-state index in [2.05, 4.69) is 49.5 Å². The molecule has 0 fully saturated rings. The molecule has 1 aliphatic heterocycles. The first-order valence-electron chi connectivity index (χ1n) is 9.35. The lowest BCUT2D eigenvalue weighted by molar-refractivity contribution is -0.136. The third kappa shape index (κ3) is 4.11. The average Bonchev–Trinajstić information content (AvgIpc) is 3.15. The Morgan fingerprint density at radius 3 is 2.43 bits per heavy atom. The van der Waals surface area contributed by atoms with Gasteiger partial charge >= 0.3 is 5.97 Å². The van der Waals surface area contributed by atoms with E-state index in [1.807, 2.05) is 18.3 Å². The maximum absolute atomic E-state index is 10.8. The van der Waals surface area contributed by atoms with Gasteiger partial charge in [0.25, 0.3) is 0 Å². The Hall–Kier alpha value is -3.42. The summed E-state index contributed by atoms with van der Waals surface area (Å²) in [6, 6.07) is 12.3. The van der Waals surface area contributed by atoms with E-state index in [4.69, 9.17) is 5.11 Å². The van der Waals surface area contributed by atoms with Gasteiger partial charge in [-0.2, -0.15) is 15.1 Å². The number of nitrogens with zero attached hydrogens (tertiary/aromatic N) is 5. The Balaban J connectivity index is 1.60. The summed E-state index contributed by atoms with van der Waals surface area (Å²) in [6.45, 7) is 1.99. The molecule has 8 heteroatoms. The zero-order valence-electron chi connectivity index (χ0n) is 15.5. The van der Waals surface area contributed by atoms with Crippen molar-refractivity contribution in [1.82, 2.24) is 19.7 Å². The zero-order valence-corrected chi connectivity index (χ0v) is 15.5. The van der Waals surface area contributed by atoms with Crippen molar-refractivity contribution in [3.63, 3.8) is 0 Å². The van der Waals surface area contributed by atoms with Gasteiger partial charge in [0, 0.05) is 38.1 Å². The highest BCUT2D eigenvalue weighted by atomic mass is 16.4. The number of nitrogens with one attached hydrogen (secondary N) is 1. The first-order chi connectivity index (χ1) is 13.7. The van der Waals surface area contributed by atoms with Crippen molar-refractivity contribution < 1.29 is 9.90 Å². The summed E-state index contributed by atoms with van der Waals surface area (Å²) in [4.78, 5) is 22.2. The number of hydrogen-bond donors (Lipinski definition) is 2. The maximum Gasteiger partial charge on any atom is 0.305 e. The van der Waals surface area contributed by atoms with Gasteiger partial charge in [0.05, 0.1) is 6.42 Å². The van der Waals surface area contributed by atoms with Crippen molar-refractivity contribution >= 4 is 17.7 Å². The molecule has 28 heavy (non-hydrogen) atoms. The molecule has 2 aromatic heterocycles. The lowest BCUT2D eigenvalue weighted by Crippen LogP contribution is -2.27. The van der Waals surface area contributed by atoms with Crippen molar-refractivity contribution in [2.45, 2.75) is 19.3 Å². The minimum atomic E-state index is -0.860. The van der Waals surface area contributed by atoms with Crippen LogP contribution in [-0.2, 0) is 17.6 Å². The van der Waals surface area contributed by atoms with Crippen LogP contribution in [0.4, 0.5) is 11.8 Å². The third-order valence-corrected chi connectivity index (χ3v) is 4.80. The van der Waals surface area contributed by atoms with Gasteiger partial charge < -0.3 is 15.3 Å². The number of benzene rings is 1. The molecule has 3 heterocycles. The average molecular weight is 378 g/mol. The van der Waals surface area contributed by atoms with Gasteiger partial charge in [0.15, 0.2) is 5.82 Å². The van der Waals surface area contributed by atoms with Gasteiger partial charge in [-0.25, -0.2) is 4.68 Å². The number of carboxylic acids is 1. The molecule has 8 nitrogen and oxygen atoms in total. The fourth-order valence-corrected chi connectivity index (χ4v) is 3.36. The molecule has 1 aliphatic rings. The number of rotatable bonds is 6. The normalized spacial score (nSPS) is 13.6. The molecule has 2 N–H and O–H groups in total. The standard InChI is InChI=1S/C20H22N6O2/c27-19(28)6-10-21-20-23-17(14-18(24-20)26-11-3-9-22-26)25-12-7-15-4-1-2-5-16(15)8-13-25/h1-5,9,11,14H,6-8,10,12-13H2,(H,27,28)(H,21,23,24). The van der Waals surface area contributed by atoms with Crippen molar-refractivity contribution in [2.24, 2.45) is 0 Å². The molecule has 0 atom stereocenters. The van der Waals surface area contributed by atoms with Crippen LogP contribution in [0.5, 0.6) is 0 Å². The molecule has 0 saturated carbocycles. The van der Waals surface area contributed by atoms with E-state index >= 15 is 0 Å². The summed E-state index contributed by atoms with van der Waals surface area (Å²) in [6.07, 6.45) is 5.44. The highest BCUT2D eigenvalue weighted by Crippen LogP contribution is 2.22. The van der Waals surface area contributed by atoms with Crippen LogP contribution in [0.15, 0.2) is 48.8 Å². The van der Waals surface area contributed by atoms with E-state index < -0.39 is 5.97 Å². The van der Waals surface area contributed by atoms with Crippen molar-refractivity contribution in [3.05, 3.63) is 59.9 Å². The molecule has 3 aromatic rings. The predicted octanol–water partition coefficient (Wildman–Crippen LogP) is 2.15. The topological polar surface area (TPSA) is 96.2 Å². The fraction of sp³-hybridized carbons (Fsp3) is 0.300. The van der Waals surface area contributed by atoms with Gasteiger partial charge in [-0.15, -0.1) is 0 Å². The van der Waals surface area contributed by atoms with Gasteiger partial charge in [-0.1, -0.05) is 24.3 Å². The van der Waals surface area contributed by atoms with Gasteiger partial charge in [0.2, 0.25) is 5.95 Å². The number of aliphatic carboxylic acids is 1. The highest BCUT2D eigenvalue weighted by Gasteiger charge is 2.17. The quantitative estimate of drug-likeness (QED) is 0.678. The Morgan fingerprint density at radius 2 is 1.79 bits per heavy atom.